The molecule has 1 aliphatic heterocycles. The van der Waals surface area contributed by atoms with Gasteiger partial charge in [-0.15, -0.1) is 0 Å². The Morgan fingerprint density at radius 1 is 1.31 bits per heavy atom. The van der Waals surface area contributed by atoms with Crippen molar-refractivity contribution in [2.24, 2.45) is 12.1 Å². The summed E-state index contributed by atoms with van der Waals surface area (Å²) in [5.74, 6) is 0. The van der Waals surface area contributed by atoms with E-state index in [0.717, 1.165) is 22.7 Å². The molecule has 2 rings (SSSR count). The van der Waals surface area contributed by atoms with Crippen LogP contribution in [0, 0.1) is 13.8 Å². The lowest BCUT2D eigenvalue weighted by Gasteiger charge is -1.97. The van der Waals surface area contributed by atoms with E-state index in [9.17, 15) is 0 Å². The highest BCUT2D eigenvalue weighted by molar-refractivity contribution is 6.10. The van der Waals surface area contributed by atoms with Gasteiger partial charge < -0.3 is 0 Å². The molecule has 67 valence electrons. The van der Waals surface area contributed by atoms with Crippen molar-refractivity contribution < 1.29 is 0 Å². The van der Waals surface area contributed by atoms with Crippen LogP contribution in [-0.4, -0.2) is 15.5 Å². The van der Waals surface area contributed by atoms with Crippen LogP contribution in [0.4, 0.5) is 0 Å². The summed E-state index contributed by atoms with van der Waals surface area (Å²) < 4.78 is 1.86. The van der Waals surface area contributed by atoms with Crippen LogP contribution in [-0.2, 0) is 7.05 Å². The van der Waals surface area contributed by atoms with Crippen LogP contribution >= 0.6 is 0 Å². The fourth-order valence-electron chi connectivity index (χ4n) is 1.51. The molecule has 0 spiro atoms. The van der Waals surface area contributed by atoms with Crippen LogP contribution in [0.2, 0.25) is 0 Å². The molecule has 0 aromatic carbocycles. The maximum absolute atomic E-state index is 4.32. The highest BCUT2D eigenvalue weighted by Crippen LogP contribution is 2.15. The second-order valence-corrected chi connectivity index (χ2v) is 3.09. The zero-order valence-electron chi connectivity index (χ0n) is 7.94. The summed E-state index contributed by atoms with van der Waals surface area (Å²) in [6.07, 6.45) is 3.60. The van der Waals surface area contributed by atoms with Crippen molar-refractivity contribution in [3.05, 3.63) is 29.2 Å². The highest BCUT2D eigenvalue weighted by Gasteiger charge is 2.15. The van der Waals surface area contributed by atoms with Gasteiger partial charge in [-0.05, 0) is 19.9 Å². The molecular weight excluding hydrogens is 164 g/mol. The second-order valence-electron chi connectivity index (χ2n) is 3.09. The van der Waals surface area contributed by atoms with Gasteiger partial charge in [0.05, 0.1) is 17.6 Å². The van der Waals surface area contributed by atoms with Crippen LogP contribution in [0.5, 0.6) is 0 Å². The standard InChI is InChI=1S/C9H11N4/c1-6-9(7(2)13(3)12-6)8-4-5-10-11-8/h4-5H,1-3H3. The number of nitrogens with zero attached hydrogens (tertiary/aromatic N) is 4. The topological polar surface area (TPSA) is 44.3 Å². The maximum Gasteiger partial charge on any atom is 0.0982 e. The lowest BCUT2D eigenvalue weighted by atomic mass is 10.1. The van der Waals surface area contributed by atoms with E-state index < -0.39 is 0 Å². The molecule has 0 fully saturated rings. The first-order chi connectivity index (χ1) is 6.20. The summed E-state index contributed by atoms with van der Waals surface area (Å²) in [6.45, 7) is 4.01. The van der Waals surface area contributed by atoms with E-state index in [1.165, 1.54) is 0 Å². The van der Waals surface area contributed by atoms with Gasteiger partial charge in [0.1, 0.15) is 0 Å². The molecule has 0 amide bonds. The lowest BCUT2D eigenvalue weighted by molar-refractivity contribution is 0.731. The maximum atomic E-state index is 4.32. The largest absolute Gasteiger partial charge is 0.272 e. The number of hydrogen-bond donors (Lipinski definition) is 0. The number of hydrogen-bond acceptors (Lipinski definition) is 2. The zero-order chi connectivity index (χ0) is 9.42. The van der Waals surface area contributed by atoms with E-state index in [2.05, 4.69) is 15.6 Å². The van der Waals surface area contributed by atoms with Crippen LogP contribution < -0.4 is 5.43 Å². The van der Waals surface area contributed by atoms with Crippen molar-refractivity contribution in [1.29, 1.82) is 0 Å². The SMILES string of the molecule is Cc1nn(C)c(C)c1C1=N[N]C=C1. The fraction of sp³-hybridized carbons (Fsp3) is 0.333. The van der Waals surface area contributed by atoms with E-state index >= 15 is 0 Å². The fourth-order valence-corrected chi connectivity index (χ4v) is 1.51. The van der Waals surface area contributed by atoms with Gasteiger partial charge >= 0.3 is 0 Å². The first-order valence-corrected chi connectivity index (χ1v) is 4.15. The molecule has 0 aliphatic carbocycles. The summed E-state index contributed by atoms with van der Waals surface area (Å²) in [4.78, 5) is 0. The minimum Gasteiger partial charge on any atom is -0.272 e. The molecule has 2 heterocycles. The van der Waals surface area contributed by atoms with Gasteiger partial charge in [0.2, 0.25) is 0 Å². The van der Waals surface area contributed by atoms with Gasteiger partial charge in [0.15, 0.2) is 0 Å². The molecule has 1 radical (unpaired) electrons. The smallest absolute Gasteiger partial charge is 0.0982 e. The Morgan fingerprint density at radius 2 is 2.08 bits per heavy atom. The normalized spacial score (nSPS) is 14.5. The molecule has 1 aliphatic rings. The average Bonchev–Trinajstić information content (AvgIpc) is 2.63. The van der Waals surface area contributed by atoms with Crippen molar-refractivity contribution in [2.75, 3.05) is 0 Å². The molecule has 4 nitrogen and oxygen atoms in total. The van der Waals surface area contributed by atoms with Crippen LogP contribution in [0.3, 0.4) is 0 Å². The lowest BCUT2D eigenvalue weighted by Crippen LogP contribution is -1.99. The Morgan fingerprint density at radius 3 is 2.54 bits per heavy atom. The molecular formula is C9H11N4. The third-order valence-corrected chi connectivity index (χ3v) is 2.23. The number of allylic oxidation sites excluding steroid dienone is 1. The predicted molar refractivity (Wildman–Crippen MR) is 50.5 cm³/mol. The summed E-state index contributed by atoms with van der Waals surface area (Å²) in [5, 5.41) is 8.33. The van der Waals surface area contributed by atoms with E-state index in [1.54, 1.807) is 6.20 Å². The van der Waals surface area contributed by atoms with Crippen LogP contribution in [0.1, 0.15) is 17.0 Å². The minimum atomic E-state index is 0.906. The predicted octanol–water partition coefficient (Wildman–Crippen LogP) is 0.873. The minimum absolute atomic E-state index is 0.906. The molecule has 0 saturated heterocycles. The molecule has 0 bridgehead atoms. The van der Waals surface area contributed by atoms with Crippen molar-refractivity contribution in [3.63, 3.8) is 0 Å². The van der Waals surface area contributed by atoms with Crippen molar-refractivity contribution in [1.82, 2.24) is 15.2 Å². The number of rotatable bonds is 1. The number of aromatic nitrogens is 2. The first kappa shape index (κ1) is 8.04. The van der Waals surface area contributed by atoms with Gasteiger partial charge in [0.25, 0.3) is 0 Å². The quantitative estimate of drug-likeness (QED) is 0.624. The van der Waals surface area contributed by atoms with Crippen molar-refractivity contribution in [3.8, 4) is 0 Å². The summed E-state index contributed by atoms with van der Waals surface area (Å²) in [6, 6.07) is 0. The summed E-state index contributed by atoms with van der Waals surface area (Å²) >= 11 is 0. The van der Waals surface area contributed by atoms with Crippen LogP contribution in [0.15, 0.2) is 17.4 Å². The molecule has 0 unspecified atom stereocenters. The molecule has 0 saturated carbocycles. The first-order valence-electron chi connectivity index (χ1n) is 4.15. The summed E-state index contributed by atoms with van der Waals surface area (Å²) in [7, 11) is 1.93. The van der Waals surface area contributed by atoms with Gasteiger partial charge in [-0.2, -0.15) is 15.6 Å². The average molecular weight is 175 g/mol. The third-order valence-electron chi connectivity index (χ3n) is 2.23. The Hall–Kier alpha value is -1.58. The molecule has 1 aromatic heterocycles. The molecule has 4 heteroatoms. The molecule has 0 atom stereocenters. The Bertz CT molecular complexity index is 398. The van der Waals surface area contributed by atoms with E-state index in [4.69, 9.17) is 0 Å². The molecule has 13 heavy (non-hydrogen) atoms. The Labute approximate surface area is 76.9 Å². The number of aryl methyl sites for hydroxylation is 2. The van der Waals surface area contributed by atoms with Crippen molar-refractivity contribution in [2.45, 2.75) is 13.8 Å². The van der Waals surface area contributed by atoms with E-state index in [1.807, 2.05) is 31.7 Å². The second kappa shape index (κ2) is 2.73. The van der Waals surface area contributed by atoms with Crippen LogP contribution in [0.25, 0.3) is 0 Å². The van der Waals surface area contributed by atoms with Crippen molar-refractivity contribution >= 4 is 5.71 Å². The van der Waals surface area contributed by atoms with E-state index in [-0.39, 0.29) is 0 Å². The van der Waals surface area contributed by atoms with Gasteiger partial charge in [-0.1, -0.05) is 0 Å². The summed E-state index contributed by atoms with van der Waals surface area (Å²) in [5.41, 5.74) is 7.93. The molecule has 0 N–H and O–H groups in total. The van der Waals surface area contributed by atoms with Gasteiger partial charge in [-0.25, -0.2) is 0 Å². The Kier molecular flexibility index (Phi) is 1.69. The van der Waals surface area contributed by atoms with Gasteiger partial charge in [-0.3, -0.25) is 4.68 Å². The van der Waals surface area contributed by atoms with E-state index in [0.29, 0.717) is 0 Å². The van der Waals surface area contributed by atoms with Gasteiger partial charge in [0, 0.05) is 18.3 Å². The zero-order valence-corrected chi connectivity index (χ0v) is 7.94. The monoisotopic (exact) mass is 175 g/mol. The molecule has 1 aromatic rings. The highest BCUT2D eigenvalue weighted by atomic mass is 15.3. The Balaban J connectivity index is 2.56. The third kappa shape index (κ3) is 1.14.